The zero-order valence-corrected chi connectivity index (χ0v) is 11.7. The van der Waals surface area contributed by atoms with Crippen LogP contribution >= 0.6 is 0 Å². The number of rotatable bonds is 3. The predicted molar refractivity (Wildman–Crippen MR) is 82.8 cm³/mol. The number of aryl methyl sites for hydroxylation is 2. The lowest BCUT2D eigenvalue weighted by Gasteiger charge is -2.09. The van der Waals surface area contributed by atoms with Gasteiger partial charge in [-0.15, -0.1) is 5.10 Å². The molecule has 0 atom stereocenters. The van der Waals surface area contributed by atoms with Gasteiger partial charge in [0.05, 0.1) is 5.69 Å². The number of hydrogen-bond donors (Lipinski definition) is 1. The van der Waals surface area contributed by atoms with Crippen LogP contribution in [0.1, 0.15) is 16.8 Å². The summed E-state index contributed by atoms with van der Waals surface area (Å²) in [6, 6.07) is 16.7. The molecule has 0 saturated carbocycles. The van der Waals surface area contributed by atoms with E-state index in [1.54, 1.807) is 0 Å². The van der Waals surface area contributed by atoms with E-state index in [4.69, 9.17) is 0 Å². The van der Waals surface area contributed by atoms with E-state index in [1.807, 2.05) is 19.1 Å². The topological polar surface area (TPSA) is 37.8 Å². The highest BCUT2D eigenvalue weighted by Crippen LogP contribution is 2.22. The minimum Gasteiger partial charge on any atom is -0.364 e. The molecule has 2 aromatic carbocycles. The lowest BCUT2D eigenvalue weighted by molar-refractivity contribution is 0.982. The fourth-order valence-electron chi connectivity index (χ4n) is 2.38. The fraction of sp³-hybridized carbons (Fsp3) is 0.176. The fourth-order valence-corrected chi connectivity index (χ4v) is 2.38. The van der Waals surface area contributed by atoms with E-state index in [9.17, 15) is 0 Å². The standard InChI is InChI=1S/C17H17N3/c1-12-6-5-7-14(10-12)11-18-17-16-9-4-3-8-15(16)13(2)19-20-17/h3-10H,11H2,1-2H3,(H,18,20). The molecule has 3 nitrogen and oxygen atoms in total. The summed E-state index contributed by atoms with van der Waals surface area (Å²) in [6.45, 7) is 4.84. The van der Waals surface area contributed by atoms with Gasteiger partial charge in [0.2, 0.25) is 0 Å². The first-order valence-electron chi connectivity index (χ1n) is 6.75. The Balaban J connectivity index is 1.90. The Hall–Kier alpha value is -2.42. The van der Waals surface area contributed by atoms with Crippen molar-refractivity contribution in [3.8, 4) is 0 Å². The van der Waals surface area contributed by atoms with Gasteiger partial charge in [-0.2, -0.15) is 5.10 Å². The van der Waals surface area contributed by atoms with E-state index in [0.29, 0.717) is 0 Å². The second kappa shape index (κ2) is 5.29. The highest BCUT2D eigenvalue weighted by Gasteiger charge is 2.05. The van der Waals surface area contributed by atoms with Crippen molar-refractivity contribution in [1.82, 2.24) is 10.2 Å². The molecule has 0 aliphatic heterocycles. The third-order valence-electron chi connectivity index (χ3n) is 3.41. The van der Waals surface area contributed by atoms with Crippen molar-refractivity contribution >= 4 is 16.6 Å². The van der Waals surface area contributed by atoms with Crippen LogP contribution in [0.2, 0.25) is 0 Å². The SMILES string of the molecule is Cc1cccc(CNc2nnc(C)c3ccccc23)c1. The molecule has 0 fully saturated rings. The van der Waals surface area contributed by atoms with Crippen LogP contribution in [0.15, 0.2) is 48.5 Å². The Morgan fingerprint density at radius 1 is 0.900 bits per heavy atom. The van der Waals surface area contributed by atoms with E-state index in [1.165, 1.54) is 11.1 Å². The number of benzene rings is 2. The lowest BCUT2D eigenvalue weighted by atomic mass is 10.1. The van der Waals surface area contributed by atoms with E-state index in [2.05, 4.69) is 58.8 Å². The lowest BCUT2D eigenvalue weighted by Crippen LogP contribution is -2.04. The van der Waals surface area contributed by atoms with Gasteiger partial charge >= 0.3 is 0 Å². The molecular formula is C17H17N3. The maximum atomic E-state index is 4.28. The number of anilines is 1. The Labute approximate surface area is 118 Å². The van der Waals surface area contributed by atoms with Crippen molar-refractivity contribution in [3.05, 3.63) is 65.4 Å². The first-order chi connectivity index (χ1) is 9.74. The number of nitrogens with one attached hydrogen (secondary N) is 1. The van der Waals surface area contributed by atoms with Gasteiger partial charge in [-0.25, -0.2) is 0 Å². The van der Waals surface area contributed by atoms with E-state index in [0.717, 1.165) is 28.8 Å². The molecule has 0 aliphatic carbocycles. The summed E-state index contributed by atoms with van der Waals surface area (Å²) in [5.41, 5.74) is 3.47. The maximum Gasteiger partial charge on any atom is 0.156 e. The van der Waals surface area contributed by atoms with Crippen molar-refractivity contribution in [2.24, 2.45) is 0 Å². The molecule has 3 rings (SSSR count). The van der Waals surface area contributed by atoms with Crippen LogP contribution in [0.25, 0.3) is 10.8 Å². The van der Waals surface area contributed by atoms with E-state index in [-0.39, 0.29) is 0 Å². The molecule has 100 valence electrons. The number of nitrogens with zero attached hydrogens (tertiary/aromatic N) is 2. The van der Waals surface area contributed by atoms with Crippen molar-refractivity contribution in [3.63, 3.8) is 0 Å². The minimum atomic E-state index is 0.753. The molecule has 0 spiro atoms. The van der Waals surface area contributed by atoms with E-state index < -0.39 is 0 Å². The molecule has 0 unspecified atom stereocenters. The molecular weight excluding hydrogens is 246 g/mol. The number of hydrogen-bond acceptors (Lipinski definition) is 3. The molecule has 3 aromatic rings. The summed E-state index contributed by atoms with van der Waals surface area (Å²) in [5, 5.41) is 14.2. The maximum absolute atomic E-state index is 4.28. The second-order valence-electron chi connectivity index (χ2n) is 5.02. The summed E-state index contributed by atoms with van der Waals surface area (Å²) in [5.74, 6) is 0.840. The minimum absolute atomic E-state index is 0.753. The van der Waals surface area contributed by atoms with Gasteiger partial charge in [-0.1, -0.05) is 54.1 Å². The third kappa shape index (κ3) is 2.48. The first-order valence-corrected chi connectivity index (χ1v) is 6.75. The molecule has 0 radical (unpaired) electrons. The van der Waals surface area contributed by atoms with Gasteiger partial charge < -0.3 is 5.32 Å². The number of aromatic nitrogens is 2. The Morgan fingerprint density at radius 2 is 1.70 bits per heavy atom. The van der Waals surface area contributed by atoms with Gasteiger partial charge in [-0.05, 0) is 19.4 Å². The summed E-state index contributed by atoms with van der Waals surface area (Å²) in [4.78, 5) is 0. The molecule has 0 bridgehead atoms. The smallest absolute Gasteiger partial charge is 0.156 e. The van der Waals surface area contributed by atoms with Gasteiger partial charge in [0.1, 0.15) is 0 Å². The molecule has 3 heteroatoms. The Morgan fingerprint density at radius 3 is 2.50 bits per heavy atom. The molecule has 1 heterocycles. The van der Waals surface area contributed by atoms with Crippen molar-refractivity contribution in [2.45, 2.75) is 20.4 Å². The highest BCUT2D eigenvalue weighted by molar-refractivity contribution is 5.92. The second-order valence-corrected chi connectivity index (χ2v) is 5.02. The van der Waals surface area contributed by atoms with Crippen LogP contribution in [0.5, 0.6) is 0 Å². The van der Waals surface area contributed by atoms with Gasteiger partial charge in [0.15, 0.2) is 5.82 Å². The Bertz CT molecular complexity index is 750. The molecule has 20 heavy (non-hydrogen) atoms. The summed E-state index contributed by atoms with van der Waals surface area (Å²) in [6.07, 6.45) is 0. The Kier molecular flexibility index (Phi) is 3.33. The first kappa shape index (κ1) is 12.6. The molecule has 1 N–H and O–H groups in total. The van der Waals surface area contributed by atoms with Crippen molar-refractivity contribution in [2.75, 3.05) is 5.32 Å². The molecule has 0 aliphatic rings. The molecule has 0 saturated heterocycles. The van der Waals surface area contributed by atoms with Crippen LogP contribution in [0, 0.1) is 13.8 Å². The van der Waals surface area contributed by atoms with E-state index >= 15 is 0 Å². The van der Waals surface area contributed by atoms with Gasteiger partial charge in [0.25, 0.3) is 0 Å². The summed E-state index contributed by atoms with van der Waals surface area (Å²) < 4.78 is 0. The quantitative estimate of drug-likeness (QED) is 0.779. The van der Waals surface area contributed by atoms with Crippen LogP contribution in [0.4, 0.5) is 5.82 Å². The normalized spacial score (nSPS) is 10.7. The van der Waals surface area contributed by atoms with Crippen LogP contribution in [0.3, 0.4) is 0 Å². The molecule has 1 aromatic heterocycles. The summed E-state index contributed by atoms with van der Waals surface area (Å²) >= 11 is 0. The van der Waals surface area contributed by atoms with Gasteiger partial charge in [-0.3, -0.25) is 0 Å². The van der Waals surface area contributed by atoms with Crippen LogP contribution in [-0.2, 0) is 6.54 Å². The van der Waals surface area contributed by atoms with Crippen molar-refractivity contribution < 1.29 is 0 Å². The highest BCUT2D eigenvalue weighted by atomic mass is 15.2. The summed E-state index contributed by atoms with van der Waals surface area (Å²) in [7, 11) is 0. The van der Waals surface area contributed by atoms with Crippen LogP contribution in [-0.4, -0.2) is 10.2 Å². The predicted octanol–water partition coefficient (Wildman–Crippen LogP) is 3.86. The third-order valence-corrected chi connectivity index (χ3v) is 3.41. The monoisotopic (exact) mass is 263 g/mol. The largest absolute Gasteiger partial charge is 0.364 e. The average molecular weight is 263 g/mol. The number of fused-ring (bicyclic) bond motifs is 1. The van der Waals surface area contributed by atoms with Crippen LogP contribution < -0.4 is 5.32 Å². The van der Waals surface area contributed by atoms with Crippen molar-refractivity contribution in [1.29, 1.82) is 0 Å². The zero-order valence-electron chi connectivity index (χ0n) is 11.7. The average Bonchev–Trinajstić information content (AvgIpc) is 2.47. The zero-order chi connectivity index (χ0) is 13.9. The molecule has 0 amide bonds. The van der Waals surface area contributed by atoms with Gasteiger partial charge in [0, 0.05) is 17.3 Å².